The summed E-state index contributed by atoms with van der Waals surface area (Å²) in [5.74, 6) is 0. The van der Waals surface area contributed by atoms with E-state index in [4.69, 9.17) is 22.1 Å². The molecule has 1 saturated heterocycles. The number of nitrogens with two attached hydrogens (primary N) is 1. The highest BCUT2D eigenvalue weighted by atomic mass is 35.5. The van der Waals surface area contributed by atoms with Gasteiger partial charge in [0, 0.05) is 23.0 Å². The third-order valence-corrected chi connectivity index (χ3v) is 6.43. The standard InChI is InChI=1S/C22H25ClN2O2/c23-18-8-4-7-17(13-18)22(15-24)11-9-19(10-12-22)25-14-20(27-21(25)26)16-5-2-1-3-6-16/h1-8,13,19-20H,9-12,14-15,24H2/t19?,20-,22?/m1/s1. The second-order valence-electron chi connectivity index (χ2n) is 7.66. The monoisotopic (exact) mass is 384 g/mol. The van der Waals surface area contributed by atoms with Gasteiger partial charge in [0.1, 0.15) is 6.10 Å². The van der Waals surface area contributed by atoms with Crippen molar-refractivity contribution < 1.29 is 9.53 Å². The van der Waals surface area contributed by atoms with E-state index in [-0.39, 0.29) is 23.7 Å². The summed E-state index contributed by atoms with van der Waals surface area (Å²) in [4.78, 5) is 14.4. The highest BCUT2D eigenvalue weighted by Gasteiger charge is 2.42. The van der Waals surface area contributed by atoms with Gasteiger partial charge in [0.05, 0.1) is 6.54 Å². The summed E-state index contributed by atoms with van der Waals surface area (Å²) in [5.41, 5.74) is 8.41. The summed E-state index contributed by atoms with van der Waals surface area (Å²) >= 11 is 6.20. The van der Waals surface area contributed by atoms with Gasteiger partial charge in [-0.1, -0.05) is 54.1 Å². The van der Waals surface area contributed by atoms with Crippen molar-refractivity contribution in [1.29, 1.82) is 0 Å². The number of amides is 1. The van der Waals surface area contributed by atoms with Crippen LogP contribution in [0, 0.1) is 0 Å². The molecular formula is C22H25ClN2O2. The lowest BCUT2D eigenvalue weighted by Gasteiger charge is -2.42. The molecule has 4 rings (SSSR count). The van der Waals surface area contributed by atoms with E-state index in [0.29, 0.717) is 13.1 Å². The smallest absolute Gasteiger partial charge is 0.410 e. The molecule has 0 unspecified atom stereocenters. The molecular weight excluding hydrogens is 360 g/mol. The maximum absolute atomic E-state index is 12.5. The van der Waals surface area contributed by atoms with E-state index in [0.717, 1.165) is 36.3 Å². The molecule has 1 amide bonds. The second kappa shape index (κ2) is 7.53. The van der Waals surface area contributed by atoms with Crippen molar-refractivity contribution in [2.24, 2.45) is 5.73 Å². The van der Waals surface area contributed by atoms with Crippen LogP contribution in [-0.2, 0) is 10.2 Å². The maximum Gasteiger partial charge on any atom is 0.410 e. The lowest BCUT2D eigenvalue weighted by atomic mass is 9.68. The molecule has 5 heteroatoms. The molecule has 0 spiro atoms. The Morgan fingerprint density at radius 1 is 1.11 bits per heavy atom. The van der Waals surface area contributed by atoms with Crippen molar-refractivity contribution >= 4 is 17.7 Å². The highest BCUT2D eigenvalue weighted by Crippen LogP contribution is 2.42. The third-order valence-electron chi connectivity index (χ3n) is 6.19. The number of cyclic esters (lactones) is 1. The van der Waals surface area contributed by atoms with E-state index in [2.05, 4.69) is 6.07 Å². The Morgan fingerprint density at radius 2 is 1.85 bits per heavy atom. The number of ether oxygens (including phenoxy) is 1. The van der Waals surface area contributed by atoms with Gasteiger partial charge in [-0.3, -0.25) is 0 Å². The first-order valence-corrected chi connectivity index (χ1v) is 9.97. The van der Waals surface area contributed by atoms with Crippen molar-refractivity contribution in [3.8, 4) is 0 Å². The number of benzene rings is 2. The van der Waals surface area contributed by atoms with Crippen LogP contribution in [0.1, 0.15) is 42.9 Å². The minimum atomic E-state index is -0.197. The second-order valence-corrected chi connectivity index (χ2v) is 8.10. The SMILES string of the molecule is NCC1(c2cccc(Cl)c2)CCC(N2C[C@H](c3ccccc3)OC2=O)CC1. The van der Waals surface area contributed by atoms with Crippen molar-refractivity contribution in [2.45, 2.75) is 43.2 Å². The number of rotatable bonds is 4. The molecule has 1 heterocycles. The number of hydrogen-bond donors (Lipinski definition) is 1. The molecule has 2 aromatic rings. The zero-order valence-electron chi connectivity index (χ0n) is 15.3. The zero-order valence-corrected chi connectivity index (χ0v) is 16.1. The van der Waals surface area contributed by atoms with Crippen LogP contribution in [0.4, 0.5) is 4.79 Å². The van der Waals surface area contributed by atoms with Gasteiger partial charge in [-0.15, -0.1) is 0 Å². The molecule has 0 radical (unpaired) electrons. The Kier molecular flexibility index (Phi) is 5.11. The molecule has 1 atom stereocenters. The van der Waals surface area contributed by atoms with Gasteiger partial charge in [0.2, 0.25) is 0 Å². The number of halogens is 1. The van der Waals surface area contributed by atoms with Crippen LogP contribution in [0.5, 0.6) is 0 Å². The van der Waals surface area contributed by atoms with E-state index >= 15 is 0 Å². The molecule has 27 heavy (non-hydrogen) atoms. The molecule has 0 aromatic heterocycles. The summed E-state index contributed by atoms with van der Waals surface area (Å²) in [7, 11) is 0. The van der Waals surface area contributed by atoms with Gasteiger partial charge < -0.3 is 15.4 Å². The number of hydrogen-bond acceptors (Lipinski definition) is 3. The van der Waals surface area contributed by atoms with E-state index in [9.17, 15) is 4.79 Å². The topological polar surface area (TPSA) is 55.6 Å². The Hall–Kier alpha value is -2.04. The van der Waals surface area contributed by atoms with E-state index in [1.54, 1.807) is 0 Å². The van der Waals surface area contributed by atoms with Gasteiger partial charge in [-0.05, 0) is 48.9 Å². The molecule has 2 aliphatic rings. The summed E-state index contributed by atoms with van der Waals surface area (Å²) in [6.07, 6.45) is 3.40. The normalized spacial score (nSPS) is 28.2. The average Bonchev–Trinajstić information content (AvgIpc) is 3.10. The fraction of sp³-hybridized carbons (Fsp3) is 0.409. The van der Waals surface area contributed by atoms with Crippen LogP contribution >= 0.6 is 11.6 Å². The first kappa shape index (κ1) is 18.3. The lowest BCUT2D eigenvalue weighted by molar-refractivity contribution is 0.117. The molecule has 142 valence electrons. The number of carbonyl (C=O) groups is 1. The van der Waals surface area contributed by atoms with Gasteiger partial charge in [0.25, 0.3) is 0 Å². The summed E-state index contributed by atoms with van der Waals surface area (Å²) in [6.45, 7) is 1.22. The Morgan fingerprint density at radius 3 is 2.52 bits per heavy atom. The molecule has 1 aliphatic heterocycles. The highest BCUT2D eigenvalue weighted by molar-refractivity contribution is 6.30. The van der Waals surface area contributed by atoms with Gasteiger partial charge in [-0.25, -0.2) is 4.79 Å². The van der Waals surface area contributed by atoms with E-state index in [1.165, 1.54) is 5.56 Å². The largest absolute Gasteiger partial charge is 0.439 e. The van der Waals surface area contributed by atoms with Crippen LogP contribution in [0.2, 0.25) is 5.02 Å². The summed E-state index contributed by atoms with van der Waals surface area (Å²) < 4.78 is 5.64. The van der Waals surface area contributed by atoms with Crippen LogP contribution in [0.25, 0.3) is 0 Å². The van der Waals surface area contributed by atoms with E-state index < -0.39 is 0 Å². The van der Waals surface area contributed by atoms with Gasteiger partial charge in [0.15, 0.2) is 0 Å². The van der Waals surface area contributed by atoms with Crippen molar-refractivity contribution in [2.75, 3.05) is 13.1 Å². The first-order chi connectivity index (χ1) is 13.1. The molecule has 2 N–H and O–H groups in total. The Bertz CT molecular complexity index is 803. The fourth-order valence-electron chi connectivity index (χ4n) is 4.51. The first-order valence-electron chi connectivity index (χ1n) is 9.60. The predicted molar refractivity (Wildman–Crippen MR) is 107 cm³/mol. The zero-order chi connectivity index (χ0) is 18.9. The molecule has 2 aromatic carbocycles. The summed E-state index contributed by atoms with van der Waals surface area (Å²) in [6, 6.07) is 18.2. The quantitative estimate of drug-likeness (QED) is 0.833. The third kappa shape index (κ3) is 3.56. The van der Waals surface area contributed by atoms with Gasteiger partial charge in [-0.2, -0.15) is 0 Å². The fourth-order valence-corrected chi connectivity index (χ4v) is 4.71. The minimum absolute atomic E-state index is 0.0517. The van der Waals surface area contributed by atoms with Crippen LogP contribution < -0.4 is 5.73 Å². The summed E-state index contributed by atoms with van der Waals surface area (Å²) in [5, 5.41) is 0.747. The average molecular weight is 385 g/mol. The minimum Gasteiger partial charge on any atom is -0.439 e. The van der Waals surface area contributed by atoms with Crippen LogP contribution in [0.15, 0.2) is 54.6 Å². The van der Waals surface area contributed by atoms with Crippen molar-refractivity contribution in [3.05, 3.63) is 70.7 Å². The predicted octanol–water partition coefficient (Wildman–Crippen LogP) is 4.67. The molecule has 0 bridgehead atoms. The molecule has 4 nitrogen and oxygen atoms in total. The maximum atomic E-state index is 12.5. The molecule has 1 aliphatic carbocycles. The van der Waals surface area contributed by atoms with E-state index in [1.807, 2.05) is 53.4 Å². The van der Waals surface area contributed by atoms with Crippen molar-refractivity contribution in [3.63, 3.8) is 0 Å². The van der Waals surface area contributed by atoms with Gasteiger partial charge >= 0.3 is 6.09 Å². The Balaban J connectivity index is 1.45. The van der Waals surface area contributed by atoms with Crippen LogP contribution in [0.3, 0.4) is 0 Å². The molecule has 1 saturated carbocycles. The Labute approximate surface area is 165 Å². The van der Waals surface area contributed by atoms with Crippen LogP contribution in [-0.4, -0.2) is 30.1 Å². The molecule has 2 fully saturated rings. The number of carbonyl (C=O) groups excluding carboxylic acids is 1. The number of nitrogens with zero attached hydrogens (tertiary/aromatic N) is 1. The van der Waals surface area contributed by atoms with Crippen molar-refractivity contribution in [1.82, 2.24) is 4.90 Å². The lowest BCUT2D eigenvalue weighted by Crippen LogP contribution is -2.45.